The Morgan fingerprint density at radius 2 is 1.88 bits per heavy atom. The van der Waals surface area contributed by atoms with Gasteiger partial charge in [0.1, 0.15) is 4.90 Å². The molecule has 0 unspecified atom stereocenters. The van der Waals surface area contributed by atoms with Crippen LogP contribution in [0, 0.1) is 13.8 Å². The Morgan fingerprint density at radius 1 is 1.21 bits per heavy atom. The molecule has 2 rings (SSSR count). The number of anilines is 1. The van der Waals surface area contributed by atoms with Gasteiger partial charge in [0.15, 0.2) is 5.82 Å². The number of hydrogen-bond donors (Lipinski definition) is 1. The molecule has 0 amide bonds. The number of hydrogen-bond acceptors (Lipinski definition) is 8. The minimum Gasteiger partial charge on any atom is -0.467 e. The Morgan fingerprint density at radius 3 is 2.38 bits per heavy atom. The molecule has 0 saturated heterocycles. The molecule has 0 saturated carbocycles. The highest BCUT2D eigenvalue weighted by atomic mass is 32.2. The second-order valence-corrected chi connectivity index (χ2v) is 7.08. The molecular formula is C13H21N7O3S. The Hall–Kier alpha value is -2.27. The maximum absolute atomic E-state index is 12.6. The lowest BCUT2D eigenvalue weighted by molar-refractivity contribution is 0.375. The summed E-state index contributed by atoms with van der Waals surface area (Å²) in [4.78, 5) is 14.2. The van der Waals surface area contributed by atoms with Gasteiger partial charge in [-0.05, 0) is 13.8 Å². The molecule has 0 aliphatic rings. The quantitative estimate of drug-likeness (QED) is 0.756. The van der Waals surface area contributed by atoms with E-state index in [0.29, 0.717) is 17.3 Å². The van der Waals surface area contributed by atoms with E-state index in [9.17, 15) is 8.42 Å². The van der Waals surface area contributed by atoms with Crippen LogP contribution >= 0.6 is 0 Å². The highest BCUT2D eigenvalue weighted by Crippen LogP contribution is 2.18. The number of sulfonamides is 1. The van der Waals surface area contributed by atoms with Crippen LogP contribution in [-0.2, 0) is 23.6 Å². The number of nitrogens with zero attached hydrogens (tertiary/aromatic N) is 6. The lowest BCUT2D eigenvalue weighted by Gasteiger charge is -2.12. The van der Waals surface area contributed by atoms with Crippen molar-refractivity contribution < 1.29 is 13.2 Å². The molecule has 0 aliphatic carbocycles. The van der Waals surface area contributed by atoms with Gasteiger partial charge in [-0.15, -0.1) is 0 Å². The largest absolute Gasteiger partial charge is 0.467 e. The fourth-order valence-corrected chi connectivity index (χ4v) is 3.55. The van der Waals surface area contributed by atoms with Crippen LogP contribution in [0.25, 0.3) is 0 Å². The lowest BCUT2D eigenvalue weighted by atomic mass is 10.4. The highest BCUT2D eigenvalue weighted by molar-refractivity contribution is 7.89. The van der Waals surface area contributed by atoms with E-state index in [1.165, 1.54) is 11.8 Å². The second kappa shape index (κ2) is 6.69. The summed E-state index contributed by atoms with van der Waals surface area (Å²) in [7, 11) is 2.93. The number of methoxy groups -OCH3 is 1. The first-order valence-electron chi connectivity index (χ1n) is 7.12. The monoisotopic (exact) mass is 355 g/mol. The van der Waals surface area contributed by atoms with Crippen LogP contribution in [0.1, 0.15) is 17.2 Å². The molecule has 0 spiro atoms. The first kappa shape index (κ1) is 18.1. The lowest BCUT2D eigenvalue weighted by Crippen LogP contribution is -2.26. The predicted molar refractivity (Wildman–Crippen MR) is 87.4 cm³/mol. The van der Waals surface area contributed by atoms with Gasteiger partial charge in [-0.3, -0.25) is 4.68 Å². The summed E-state index contributed by atoms with van der Waals surface area (Å²) in [6, 6.07) is 0.122. The van der Waals surface area contributed by atoms with Crippen molar-refractivity contribution in [3.05, 3.63) is 17.2 Å². The predicted octanol–water partition coefficient (Wildman–Crippen LogP) is -0.225. The zero-order chi connectivity index (χ0) is 18.1. The van der Waals surface area contributed by atoms with E-state index in [-0.39, 0.29) is 23.3 Å². The SMILES string of the molecule is COc1nc(CNS(=O)(=O)c2c(C)nn(C)c2C)nc(N(C)C)n1. The van der Waals surface area contributed by atoms with Crippen molar-refractivity contribution in [2.75, 3.05) is 26.1 Å². The molecule has 132 valence electrons. The van der Waals surface area contributed by atoms with Crippen molar-refractivity contribution in [2.45, 2.75) is 25.3 Å². The van der Waals surface area contributed by atoms with Gasteiger partial charge in [0.05, 0.1) is 25.0 Å². The highest BCUT2D eigenvalue weighted by Gasteiger charge is 2.24. The Labute approximate surface area is 140 Å². The zero-order valence-corrected chi connectivity index (χ0v) is 15.3. The number of aromatic nitrogens is 5. The summed E-state index contributed by atoms with van der Waals surface area (Å²) < 4.78 is 34.2. The minimum absolute atomic E-state index is 0.0875. The summed E-state index contributed by atoms with van der Waals surface area (Å²) >= 11 is 0. The standard InChI is InChI=1S/C13H21N7O3S/c1-8-11(9(2)20(5)18-8)24(21,22)14-7-10-15-12(19(3)4)17-13(16-10)23-6/h14H,7H2,1-6H3. The van der Waals surface area contributed by atoms with Crippen LogP contribution in [0.4, 0.5) is 5.95 Å². The van der Waals surface area contributed by atoms with Crippen molar-refractivity contribution in [1.29, 1.82) is 0 Å². The fraction of sp³-hybridized carbons (Fsp3) is 0.538. The molecule has 0 bridgehead atoms. The molecular weight excluding hydrogens is 334 g/mol. The second-order valence-electron chi connectivity index (χ2n) is 5.38. The van der Waals surface area contributed by atoms with Crippen molar-refractivity contribution in [2.24, 2.45) is 7.05 Å². The third kappa shape index (κ3) is 3.62. The number of rotatable bonds is 6. The number of aryl methyl sites for hydroxylation is 2. The van der Waals surface area contributed by atoms with Gasteiger partial charge in [-0.1, -0.05) is 0 Å². The van der Waals surface area contributed by atoms with Crippen LogP contribution in [0.3, 0.4) is 0 Å². The van der Waals surface area contributed by atoms with E-state index in [4.69, 9.17) is 4.74 Å². The Bertz CT molecular complexity index is 845. The van der Waals surface area contributed by atoms with Gasteiger partial charge in [-0.2, -0.15) is 20.1 Å². The summed E-state index contributed by atoms with van der Waals surface area (Å²) in [5.74, 6) is 0.637. The molecule has 0 aromatic carbocycles. The maximum atomic E-state index is 12.6. The summed E-state index contributed by atoms with van der Waals surface area (Å²) in [6.45, 7) is 3.26. The van der Waals surface area contributed by atoms with Crippen LogP contribution in [0.15, 0.2) is 4.90 Å². The van der Waals surface area contributed by atoms with Gasteiger partial charge in [0, 0.05) is 21.1 Å². The molecule has 10 nitrogen and oxygen atoms in total. The average molecular weight is 355 g/mol. The van der Waals surface area contributed by atoms with Gasteiger partial charge < -0.3 is 9.64 Å². The first-order valence-corrected chi connectivity index (χ1v) is 8.60. The molecule has 0 fully saturated rings. The molecule has 0 radical (unpaired) electrons. The van der Waals surface area contributed by atoms with Gasteiger partial charge in [-0.25, -0.2) is 13.1 Å². The van der Waals surface area contributed by atoms with Crippen molar-refractivity contribution in [1.82, 2.24) is 29.5 Å². The van der Waals surface area contributed by atoms with Gasteiger partial charge in [0.2, 0.25) is 16.0 Å². The molecule has 24 heavy (non-hydrogen) atoms. The molecule has 2 heterocycles. The van der Waals surface area contributed by atoms with E-state index >= 15 is 0 Å². The van der Waals surface area contributed by atoms with E-state index in [0.717, 1.165) is 0 Å². The number of nitrogens with one attached hydrogen (secondary N) is 1. The fourth-order valence-electron chi connectivity index (χ4n) is 2.13. The molecule has 0 atom stereocenters. The Kier molecular flexibility index (Phi) is 5.04. The van der Waals surface area contributed by atoms with Crippen molar-refractivity contribution >= 4 is 16.0 Å². The van der Waals surface area contributed by atoms with Crippen LogP contribution in [0.2, 0.25) is 0 Å². The van der Waals surface area contributed by atoms with Crippen LogP contribution in [0.5, 0.6) is 6.01 Å². The smallest absolute Gasteiger partial charge is 0.321 e. The molecule has 1 N–H and O–H groups in total. The molecule has 11 heteroatoms. The zero-order valence-electron chi connectivity index (χ0n) is 14.5. The van der Waals surface area contributed by atoms with E-state index in [1.54, 1.807) is 39.9 Å². The topological polar surface area (TPSA) is 115 Å². The van der Waals surface area contributed by atoms with E-state index < -0.39 is 10.0 Å². The first-order chi connectivity index (χ1) is 11.2. The summed E-state index contributed by atoms with van der Waals surface area (Å²) in [6.07, 6.45) is 0. The van der Waals surface area contributed by atoms with Gasteiger partial charge >= 0.3 is 6.01 Å². The van der Waals surface area contributed by atoms with Crippen molar-refractivity contribution in [3.63, 3.8) is 0 Å². The minimum atomic E-state index is -3.74. The van der Waals surface area contributed by atoms with E-state index in [2.05, 4.69) is 24.8 Å². The van der Waals surface area contributed by atoms with Crippen molar-refractivity contribution in [3.8, 4) is 6.01 Å². The number of ether oxygens (including phenoxy) is 1. The molecule has 0 aliphatic heterocycles. The van der Waals surface area contributed by atoms with E-state index in [1.807, 2.05) is 0 Å². The van der Waals surface area contributed by atoms with Gasteiger partial charge in [0.25, 0.3) is 0 Å². The molecule has 2 aromatic heterocycles. The normalized spacial score (nSPS) is 11.6. The summed E-state index contributed by atoms with van der Waals surface area (Å²) in [5, 5.41) is 4.13. The third-order valence-electron chi connectivity index (χ3n) is 3.36. The average Bonchev–Trinajstić information content (AvgIpc) is 2.78. The maximum Gasteiger partial charge on any atom is 0.321 e. The van der Waals surface area contributed by atoms with Crippen LogP contribution in [-0.4, -0.2) is 54.4 Å². The summed E-state index contributed by atoms with van der Waals surface area (Å²) in [5.41, 5.74) is 0.993. The Balaban J connectivity index is 2.28. The van der Waals surface area contributed by atoms with Crippen LogP contribution < -0.4 is 14.4 Å². The third-order valence-corrected chi connectivity index (χ3v) is 5.02. The molecule has 2 aromatic rings.